The number of H-pyrrole nitrogens is 1. The minimum atomic E-state index is -0.266. The van der Waals surface area contributed by atoms with E-state index in [1.165, 1.54) is 10.5 Å². The Balaban J connectivity index is 1.47. The Bertz CT molecular complexity index is 1070. The first-order chi connectivity index (χ1) is 14.2. The number of rotatable bonds is 6. The first kappa shape index (κ1) is 21.4. The van der Waals surface area contributed by atoms with Crippen LogP contribution in [0.4, 0.5) is 4.79 Å². The maximum absolute atomic E-state index is 12.3. The average molecular weight is 409 g/mol. The molecule has 0 aliphatic rings. The Labute approximate surface area is 176 Å². The molecule has 7 nitrogen and oxygen atoms in total. The summed E-state index contributed by atoms with van der Waals surface area (Å²) < 4.78 is 5.69. The normalized spacial score (nSPS) is 11.3. The van der Waals surface area contributed by atoms with E-state index in [9.17, 15) is 9.59 Å². The van der Waals surface area contributed by atoms with Crippen LogP contribution in [-0.4, -0.2) is 41.1 Å². The Morgan fingerprint density at radius 1 is 1.13 bits per heavy atom. The van der Waals surface area contributed by atoms with E-state index in [0.29, 0.717) is 29.9 Å². The van der Waals surface area contributed by atoms with Gasteiger partial charge in [-0.3, -0.25) is 4.79 Å². The highest BCUT2D eigenvalue weighted by Gasteiger charge is 2.13. The topological polar surface area (TPSA) is 87.3 Å². The van der Waals surface area contributed by atoms with Gasteiger partial charge in [-0.2, -0.15) is 0 Å². The number of hydrogen-bond acceptors (Lipinski definition) is 4. The Hall–Kier alpha value is -3.35. The van der Waals surface area contributed by atoms with Crippen LogP contribution in [0.5, 0.6) is 5.75 Å². The second kappa shape index (κ2) is 8.98. The molecular formula is C23H28N4O3. The Morgan fingerprint density at radius 3 is 2.53 bits per heavy atom. The van der Waals surface area contributed by atoms with E-state index in [1.807, 2.05) is 18.2 Å². The van der Waals surface area contributed by atoms with Crippen molar-refractivity contribution in [1.82, 2.24) is 20.2 Å². The van der Waals surface area contributed by atoms with Crippen molar-refractivity contribution in [2.24, 2.45) is 0 Å². The van der Waals surface area contributed by atoms with Gasteiger partial charge in [-0.25, -0.2) is 9.78 Å². The number of aromatic amines is 1. The van der Waals surface area contributed by atoms with Gasteiger partial charge in [-0.05, 0) is 35.2 Å². The summed E-state index contributed by atoms with van der Waals surface area (Å²) in [6.07, 6.45) is 0. The molecule has 0 aliphatic carbocycles. The number of fused-ring (bicyclic) bond motifs is 1. The number of urea groups is 1. The third-order valence-electron chi connectivity index (χ3n) is 4.76. The van der Waals surface area contributed by atoms with Crippen molar-refractivity contribution in [2.75, 3.05) is 20.2 Å². The summed E-state index contributed by atoms with van der Waals surface area (Å²) in [5, 5.41) is 3.33. The molecule has 0 fully saturated rings. The van der Waals surface area contributed by atoms with Crippen molar-refractivity contribution in [3.8, 4) is 5.75 Å². The molecule has 0 saturated heterocycles. The van der Waals surface area contributed by atoms with Crippen LogP contribution in [-0.2, 0) is 12.0 Å². The smallest absolute Gasteiger partial charge is 0.317 e. The molecule has 3 rings (SSSR count). The van der Waals surface area contributed by atoms with Gasteiger partial charge in [0.05, 0.1) is 24.0 Å². The van der Waals surface area contributed by atoms with Crippen molar-refractivity contribution >= 4 is 16.9 Å². The van der Waals surface area contributed by atoms with Gasteiger partial charge in [0.2, 0.25) is 0 Å². The number of aromatic nitrogens is 2. The molecule has 7 heteroatoms. The van der Waals surface area contributed by atoms with Gasteiger partial charge >= 0.3 is 6.03 Å². The first-order valence-electron chi connectivity index (χ1n) is 9.94. The lowest BCUT2D eigenvalue weighted by atomic mass is 9.87. The van der Waals surface area contributed by atoms with Crippen molar-refractivity contribution in [1.29, 1.82) is 0 Å². The van der Waals surface area contributed by atoms with E-state index in [4.69, 9.17) is 4.74 Å². The zero-order chi connectivity index (χ0) is 21.7. The molecule has 2 amide bonds. The van der Waals surface area contributed by atoms with Crippen LogP contribution in [0, 0.1) is 0 Å². The average Bonchev–Trinajstić information content (AvgIpc) is 2.70. The predicted molar refractivity (Wildman–Crippen MR) is 118 cm³/mol. The number of ether oxygens (including phenoxy) is 1. The van der Waals surface area contributed by atoms with Gasteiger partial charge in [0.15, 0.2) is 0 Å². The van der Waals surface area contributed by atoms with E-state index >= 15 is 0 Å². The van der Waals surface area contributed by atoms with Crippen LogP contribution < -0.4 is 15.6 Å². The third kappa shape index (κ3) is 5.37. The van der Waals surface area contributed by atoms with Gasteiger partial charge in [0.25, 0.3) is 5.56 Å². The predicted octanol–water partition coefficient (Wildman–Crippen LogP) is 3.44. The number of carbonyl (C=O) groups excluding carboxylic acids is 1. The van der Waals surface area contributed by atoms with Crippen molar-refractivity contribution in [2.45, 2.75) is 32.7 Å². The number of carbonyl (C=O) groups is 1. The highest BCUT2D eigenvalue weighted by molar-refractivity contribution is 5.77. The maximum atomic E-state index is 12.3. The van der Waals surface area contributed by atoms with Gasteiger partial charge in [0.1, 0.15) is 18.2 Å². The highest BCUT2D eigenvalue weighted by atomic mass is 16.5. The Kier molecular flexibility index (Phi) is 6.40. The molecule has 1 aromatic heterocycles. The van der Waals surface area contributed by atoms with Crippen LogP contribution in [0.25, 0.3) is 10.9 Å². The largest absolute Gasteiger partial charge is 0.492 e. The molecule has 0 aliphatic heterocycles. The number of benzene rings is 2. The van der Waals surface area contributed by atoms with E-state index in [-0.39, 0.29) is 23.6 Å². The second-order valence-corrected chi connectivity index (χ2v) is 8.24. The number of nitrogens with zero attached hydrogens (tertiary/aromatic N) is 2. The SMILES string of the molecule is CN(Cc1nc2ccccc2c(=O)[nH]1)C(=O)NCCOc1ccc(C(C)(C)C)cc1. The number of para-hydroxylation sites is 1. The molecule has 2 aromatic carbocycles. The number of hydrogen-bond donors (Lipinski definition) is 2. The zero-order valence-corrected chi connectivity index (χ0v) is 17.9. The van der Waals surface area contributed by atoms with E-state index < -0.39 is 0 Å². The lowest BCUT2D eigenvalue weighted by Crippen LogP contribution is -2.39. The molecule has 0 bridgehead atoms. The molecule has 3 aromatic rings. The molecular weight excluding hydrogens is 380 g/mol. The Morgan fingerprint density at radius 2 is 1.83 bits per heavy atom. The van der Waals surface area contributed by atoms with Gasteiger partial charge in [-0.15, -0.1) is 0 Å². The van der Waals surface area contributed by atoms with Crippen molar-refractivity contribution in [3.05, 3.63) is 70.3 Å². The molecule has 0 spiro atoms. The standard InChI is InChI=1S/C23H28N4O3/c1-23(2,3)16-9-11-17(12-10-16)30-14-13-24-22(29)27(4)15-20-25-19-8-6-5-7-18(19)21(28)26-20/h5-12H,13-15H2,1-4H3,(H,24,29)(H,25,26,28). The summed E-state index contributed by atoms with van der Waals surface area (Å²) in [6, 6.07) is 14.8. The number of nitrogens with one attached hydrogen (secondary N) is 2. The fourth-order valence-electron chi connectivity index (χ4n) is 3.02. The molecule has 158 valence electrons. The lowest BCUT2D eigenvalue weighted by molar-refractivity contribution is 0.202. The highest BCUT2D eigenvalue weighted by Crippen LogP contribution is 2.24. The van der Waals surface area contributed by atoms with Crippen LogP contribution in [0.2, 0.25) is 0 Å². The van der Waals surface area contributed by atoms with Crippen LogP contribution in [0.15, 0.2) is 53.3 Å². The van der Waals surface area contributed by atoms with Gasteiger partial charge in [-0.1, -0.05) is 45.0 Å². The van der Waals surface area contributed by atoms with E-state index in [2.05, 4.69) is 48.2 Å². The third-order valence-corrected chi connectivity index (χ3v) is 4.76. The summed E-state index contributed by atoms with van der Waals surface area (Å²) in [5.41, 5.74) is 1.73. The minimum Gasteiger partial charge on any atom is -0.492 e. The molecule has 1 heterocycles. The van der Waals surface area contributed by atoms with E-state index in [1.54, 1.807) is 25.2 Å². The monoisotopic (exact) mass is 408 g/mol. The molecule has 30 heavy (non-hydrogen) atoms. The fourth-order valence-corrected chi connectivity index (χ4v) is 3.02. The van der Waals surface area contributed by atoms with Crippen LogP contribution in [0.1, 0.15) is 32.2 Å². The maximum Gasteiger partial charge on any atom is 0.317 e. The summed E-state index contributed by atoms with van der Waals surface area (Å²) >= 11 is 0. The minimum absolute atomic E-state index is 0.0985. The summed E-state index contributed by atoms with van der Waals surface area (Å²) in [5.74, 6) is 1.20. The molecule has 0 radical (unpaired) electrons. The molecule has 0 unspecified atom stereocenters. The van der Waals surface area contributed by atoms with Gasteiger partial charge in [0, 0.05) is 7.05 Å². The zero-order valence-electron chi connectivity index (χ0n) is 17.9. The second-order valence-electron chi connectivity index (χ2n) is 8.24. The van der Waals surface area contributed by atoms with Crippen LogP contribution in [0.3, 0.4) is 0 Å². The molecule has 2 N–H and O–H groups in total. The molecule has 0 atom stereocenters. The van der Waals surface area contributed by atoms with Crippen molar-refractivity contribution < 1.29 is 9.53 Å². The number of amides is 2. The van der Waals surface area contributed by atoms with Crippen molar-refractivity contribution in [3.63, 3.8) is 0 Å². The summed E-state index contributed by atoms with van der Waals surface area (Å²) in [4.78, 5) is 33.1. The summed E-state index contributed by atoms with van der Waals surface area (Å²) in [7, 11) is 1.65. The van der Waals surface area contributed by atoms with Crippen LogP contribution >= 0.6 is 0 Å². The lowest BCUT2D eigenvalue weighted by Gasteiger charge is -2.19. The molecule has 0 saturated carbocycles. The summed E-state index contributed by atoms with van der Waals surface area (Å²) in [6.45, 7) is 7.42. The first-order valence-corrected chi connectivity index (χ1v) is 9.94. The quantitative estimate of drug-likeness (QED) is 0.612. The van der Waals surface area contributed by atoms with E-state index in [0.717, 1.165) is 5.75 Å². The fraction of sp³-hybridized carbons (Fsp3) is 0.348. The van der Waals surface area contributed by atoms with Gasteiger partial charge < -0.3 is 19.9 Å².